The molecule has 7 nitrogen and oxygen atoms in total. The van der Waals surface area contributed by atoms with Gasteiger partial charge < -0.3 is 15.2 Å². The van der Waals surface area contributed by atoms with Crippen LogP contribution in [0.4, 0.5) is 5.69 Å². The number of aromatic nitrogens is 1. The SMILES string of the molecule is CC(N)c1nocc1C(=O)N=S(C)(=O)c1ccc(N(C)C)cc1. The molecule has 124 valence electrons. The number of anilines is 1. The van der Waals surface area contributed by atoms with Crippen LogP contribution in [0.15, 0.2) is 44.3 Å². The lowest BCUT2D eigenvalue weighted by Gasteiger charge is -2.13. The van der Waals surface area contributed by atoms with E-state index in [9.17, 15) is 9.00 Å². The number of rotatable bonds is 4. The molecule has 0 aliphatic rings. The Kier molecular flexibility index (Phi) is 4.86. The second-order valence-electron chi connectivity index (χ2n) is 5.49. The van der Waals surface area contributed by atoms with E-state index in [0.717, 1.165) is 5.69 Å². The van der Waals surface area contributed by atoms with E-state index in [-0.39, 0.29) is 5.56 Å². The Bertz CT molecular complexity index is 816. The number of hydrogen-bond donors (Lipinski definition) is 1. The molecule has 0 saturated heterocycles. The zero-order valence-corrected chi connectivity index (χ0v) is 14.3. The summed E-state index contributed by atoms with van der Waals surface area (Å²) < 4.78 is 21.4. The molecule has 0 fully saturated rings. The Morgan fingerprint density at radius 3 is 2.48 bits per heavy atom. The Morgan fingerprint density at radius 2 is 1.96 bits per heavy atom. The van der Waals surface area contributed by atoms with Crippen LogP contribution in [0, 0.1) is 0 Å². The van der Waals surface area contributed by atoms with Crippen LogP contribution in [0.2, 0.25) is 0 Å². The van der Waals surface area contributed by atoms with Crippen LogP contribution in [-0.2, 0) is 9.73 Å². The summed E-state index contributed by atoms with van der Waals surface area (Å²) in [5.74, 6) is -0.650. The molecule has 2 rings (SSSR count). The van der Waals surface area contributed by atoms with E-state index in [0.29, 0.717) is 10.6 Å². The minimum atomic E-state index is -2.87. The maximum absolute atomic E-state index is 12.8. The first-order chi connectivity index (χ1) is 10.7. The highest BCUT2D eigenvalue weighted by atomic mass is 32.2. The third kappa shape index (κ3) is 3.77. The number of nitrogens with two attached hydrogens (primary N) is 1. The monoisotopic (exact) mass is 336 g/mol. The van der Waals surface area contributed by atoms with Crippen molar-refractivity contribution in [1.29, 1.82) is 0 Å². The highest BCUT2D eigenvalue weighted by Gasteiger charge is 2.20. The predicted octanol–water partition coefficient (Wildman–Crippen LogP) is 2.06. The summed E-state index contributed by atoms with van der Waals surface area (Å²) in [5, 5.41) is 3.69. The maximum Gasteiger partial charge on any atom is 0.290 e. The number of amides is 1. The molecule has 2 unspecified atom stereocenters. The molecule has 2 aromatic rings. The van der Waals surface area contributed by atoms with Gasteiger partial charge in [-0.2, -0.15) is 4.36 Å². The molecule has 0 spiro atoms. The molecule has 0 radical (unpaired) electrons. The van der Waals surface area contributed by atoms with E-state index >= 15 is 0 Å². The molecule has 0 aliphatic carbocycles. The van der Waals surface area contributed by atoms with Gasteiger partial charge in [-0.05, 0) is 31.2 Å². The molecular weight excluding hydrogens is 316 g/mol. The molecule has 2 N–H and O–H groups in total. The van der Waals surface area contributed by atoms with Crippen molar-refractivity contribution < 1.29 is 13.5 Å². The fourth-order valence-electron chi connectivity index (χ4n) is 1.99. The van der Waals surface area contributed by atoms with Crippen LogP contribution >= 0.6 is 0 Å². The van der Waals surface area contributed by atoms with Crippen molar-refractivity contribution in [2.75, 3.05) is 25.3 Å². The van der Waals surface area contributed by atoms with Gasteiger partial charge in [-0.3, -0.25) is 4.79 Å². The first-order valence-corrected chi connectivity index (χ1v) is 8.88. The van der Waals surface area contributed by atoms with Crippen LogP contribution in [0.5, 0.6) is 0 Å². The Hall–Kier alpha value is -2.19. The van der Waals surface area contributed by atoms with Gasteiger partial charge in [-0.15, -0.1) is 0 Å². The van der Waals surface area contributed by atoms with Gasteiger partial charge in [0, 0.05) is 37.0 Å². The molecule has 2 atom stereocenters. The largest absolute Gasteiger partial charge is 0.378 e. The van der Waals surface area contributed by atoms with Gasteiger partial charge in [0.15, 0.2) is 0 Å². The van der Waals surface area contributed by atoms with Crippen molar-refractivity contribution in [3.05, 3.63) is 41.8 Å². The molecule has 23 heavy (non-hydrogen) atoms. The summed E-state index contributed by atoms with van der Waals surface area (Å²) in [6, 6.07) is 6.58. The molecule has 1 heterocycles. The van der Waals surface area contributed by atoms with Gasteiger partial charge in [0.2, 0.25) is 0 Å². The summed E-state index contributed by atoms with van der Waals surface area (Å²) >= 11 is 0. The lowest BCUT2D eigenvalue weighted by atomic mass is 10.1. The second kappa shape index (κ2) is 6.51. The van der Waals surface area contributed by atoms with Crippen molar-refractivity contribution >= 4 is 21.3 Å². The van der Waals surface area contributed by atoms with Crippen LogP contribution < -0.4 is 10.6 Å². The van der Waals surface area contributed by atoms with Gasteiger partial charge in [-0.1, -0.05) is 5.16 Å². The first kappa shape index (κ1) is 17.2. The van der Waals surface area contributed by atoms with Gasteiger partial charge in [0.05, 0.1) is 9.73 Å². The Balaban J connectivity index is 2.38. The number of carbonyl (C=O) groups is 1. The molecule has 0 aliphatic heterocycles. The molecule has 0 saturated carbocycles. The van der Waals surface area contributed by atoms with E-state index in [2.05, 4.69) is 9.52 Å². The molecule has 1 aromatic carbocycles. The van der Waals surface area contributed by atoms with Gasteiger partial charge in [0.1, 0.15) is 17.5 Å². The molecule has 1 aromatic heterocycles. The van der Waals surface area contributed by atoms with E-state index in [4.69, 9.17) is 10.3 Å². The summed E-state index contributed by atoms with van der Waals surface area (Å²) in [7, 11) is 0.947. The summed E-state index contributed by atoms with van der Waals surface area (Å²) in [6.45, 7) is 1.68. The highest BCUT2D eigenvalue weighted by molar-refractivity contribution is 7.93. The lowest BCUT2D eigenvalue weighted by molar-refractivity contribution is 0.100. The second-order valence-corrected chi connectivity index (χ2v) is 7.75. The van der Waals surface area contributed by atoms with Gasteiger partial charge in [-0.25, -0.2) is 4.21 Å². The average Bonchev–Trinajstić information content (AvgIpc) is 2.96. The first-order valence-electron chi connectivity index (χ1n) is 6.96. The lowest BCUT2D eigenvalue weighted by Crippen LogP contribution is -2.12. The quantitative estimate of drug-likeness (QED) is 0.917. The fourth-order valence-corrected chi connectivity index (χ4v) is 3.15. The predicted molar refractivity (Wildman–Crippen MR) is 89.0 cm³/mol. The van der Waals surface area contributed by atoms with Crippen molar-refractivity contribution in [3.8, 4) is 0 Å². The fraction of sp³-hybridized carbons (Fsp3) is 0.333. The number of benzene rings is 1. The van der Waals surface area contributed by atoms with Gasteiger partial charge in [0.25, 0.3) is 5.91 Å². The highest BCUT2D eigenvalue weighted by Crippen LogP contribution is 2.20. The molecule has 8 heteroatoms. The third-order valence-electron chi connectivity index (χ3n) is 3.31. The molecular formula is C15H20N4O3S. The summed E-state index contributed by atoms with van der Waals surface area (Å²) in [4.78, 5) is 14.7. The minimum Gasteiger partial charge on any atom is -0.378 e. The Labute approximate surface area is 135 Å². The topological polar surface area (TPSA) is 102 Å². The summed E-state index contributed by atoms with van der Waals surface area (Å²) in [6.07, 6.45) is 2.60. The van der Waals surface area contributed by atoms with Crippen LogP contribution in [0.25, 0.3) is 0 Å². The van der Waals surface area contributed by atoms with Crippen LogP contribution in [0.1, 0.15) is 29.0 Å². The van der Waals surface area contributed by atoms with Crippen LogP contribution in [0.3, 0.4) is 0 Å². The van der Waals surface area contributed by atoms with E-state index in [1.54, 1.807) is 19.1 Å². The number of hydrogen-bond acceptors (Lipinski definition) is 6. The van der Waals surface area contributed by atoms with Gasteiger partial charge >= 0.3 is 0 Å². The molecule has 0 bridgehead atoms. The van der Waals surface area contributed by atoms with E-state index in [1.807, 2.05) is 31.1 Å². The normalized spacial score (nSPS) is 14.8. The standard InChI is InChI=1S/C15H20N4O3S/c1-10(16)14-13(9-22-17-14)15(20)18-23(4,21)12-7-5-11(6-8-12)19(2)3/h5-10H,16H2,1-4H3. The summed E-state index contributed by atoms with van der Waals surface area (Å²) in [5.41, 5.74) is 7.13. The maximum atomic E-state index is 12.8. The Morgan fingerprint density at radius 1 is 1.35 bits per heavy atom. The van der Waals surface area contributed by atoms with Crippen molar-refractivity contribution in [3.63, 3.8) is 0 Å². The van der Waals surface area contributed by atoms with Crippen LogP contribution in [-0.4, -0.2) is 35.6 Å². The number of carbonyl (C=O) groups excluding carboxylic acids is 1. The zero-order chi connectivity index (χ0) is 17.2. The zero-order valence-electron chi connectivity index (χ0n) is 13.5. The number of nitrogens with zero attached hydrogens (tertiary/aromatic N) is 3. The van der Waals surface area contributed by atoms with Crippen molar-refractivity contribution in [1.82, 2.24) is 5.16 Å². The smallest absolute Gasteiger partial charge is 0.290 e. The van der Waals surface area contributed by atoms with Crippen molar-refractivity contribution in [2.45, 2.75) is 17.9 Å². The van der Waals surface area contributed by atoms with E-state index < -0.39 is 21.7 Å². The minimum absolute atomic E-state index is 0.138. The van der Waals surface area contributed by atoms with Crippen molar-refractivity contribution in [2.24, 2.45) is 10.1 Å². The van der Waals surface area contributed by atoms with E-state index in [1.165, 1.54) is 12.5 Å². The molecule has 1 amide bonds. The third-order valence-corrected chi connectivity index (χ3v) is 4.97. The average molecular weight is 336 g/mol.